The van der Waals surface area contributed by atoms with E-state index in [1.807, 2.05) is 0 Å². The maximum atomic E-state index is 13.1. The van der Waals surface area contributed by atoms with E-state index >= 15 is 0 Å². The van der Waals surface area contributed by atoms with E-state index in [0.717, 1.165) is 19.3 Å². The summed E-state index contributed by atoms with van der Waals surface area (Å²) in [4.78, 5) is 60.6. The van der Waals surface area contributed by atoms with Crippen molar-refractivity contribution < 1.29 is 29.1 Å². The highest BCUT2D eigenvalue weighted by Crippen LogP contribution is 2.12. The van der Waals surface area contributed by atoms with Crippen LogP contribution in [-0.2, 0) is 25.8 Å². The zero-order chi connectivity index (χ0) is 28.5. The van der Waals surface area contributed by atoms with E-state index in [2.05, 4.69) is 21.3 Å². The number of urea groups is 1. The SMILES string of the molecule is CC(=O)CCCCCCC(=O)NC(C(=O)NC(CCCNC(N)=O)C(=O)Nc1ccc(CO)cc1)C(C)C. The number of hydrogen-bond acceptors (Lipinski definition) is 6. The summed E-state index contributed by atoms with van der Waals surface area (Å²) in [6.45, 7) is 5.28. The molecule has 5 amide bonds. The smallest absolute Gasteiger partial charge is 0.312 e. The number of nitrogens with two attached hydrogens (primary N) is 1. The monoisotopic (exact) mass is 533 g/mol. The van der Waals surface area contributed by atoms with Crippen molar-refractivity contribution in [1.82, 2.24) is 16.0 Å². The quantitative estimate of drug-likeness (QED) is 0.157. The minimum atomic E-state index is -0.922. The number of rotatable bonds is 18. The van der Waals surface area contributed by atoms with E-state index < -0.39 is 29.9 Å². The van der Waals surface area contributed by atoms with Gasteiger partial charge >= 0.3 is 6.03 Å². The second-order valence-corrected chi connectivity index (χ2v) is 9.74. The van der Waals surface area contributed by atoms with Gasteiger partial charge in [-0.2, -0.15) is 0 Å². The van der Waals surface area contributed by atoms with Gasteiger partial charge in [-0.3, -0.25) is 14.4 Å². The second-order valence-electron chi connectivity index (χ2n) is 9.74. The Hall–Kier alpha value is -3.47. The van der Waals surface area contributed by atoms with Crippen LogP contribution in [0.4, 0.5) is 10.5 Å². The van der Waals surface area contributed by atoms with Crippen molar-refractivity contribution >= 4 is 35.2 Å². The Labute approximate surface area is 224 Å². The number of carbonyl (C=O) groups is 5. The zero-order valence-electron chi connectivity index (χ0n) is 22.7. The summed E-state index contributed by atoms with van der Waals surface area (Å²) in [5.74, 6) is -1.24. The lowest BCUT2D eigenvalue weighted by Crippen LogP contribution is -2.54. The van der Waals surface area contributed by atoms with Crippen molar-refractivity contribution in [2.75, 3.05) is 11.9 Å². The molecule has 7 N–H and O–H groups in total. The molecule has 1 aromatic rings. The summed E-state index contributed by atoms with van der Waals surface area (Å²) in [6.07, 6.45) is 4.57. The molecule has 0 spiro atoms. The largest absolute Gasteiger partial charge is 0.392 e. The summed E-state index contributed by atoms with van der Waals surface area (Å²) < 4.78 is 0. The van der Waals surface area contributed by atoms with E-state index in [1.54, 1.807) is 45.0 Å². The maximum absolute atomic E-state index is 13.1. The van der Waals surface area contributed by atoms with E-state index in [0.29, 0.717) is 30.5 Å². The maximum Gasteiger partial charge on any atom is 0.312 e. The fourth-order valence-corrected chi connectivity index (χ4v) is 3.76. The number of nitrogens with one attached hydrogen (secondary N) is 4. The predicted octanol–water partition coefficient (Wildman–Crippen LogP) is 2.12. The average molecular weight is 534 g/mol. The molecule has 0 aromatic heterocycles. The summed E-state index contributed by atoms with van der Waals surface area (Å²) in [6, 6.07) is 4.21. The summed E-state index contributed by atoms with van der Waals surface area (Å²) in [7, 11) is 0. The average Bonchev–Trinajstić information content (AvgIpc) is 2.86. The number of primary amides is 1. The third-order valence-corrected chi connectivity index (χ3v) is 5.95. The van der Waals surface area contributed by atoms with Crippen LogP contribution < -0.4 is 27.0 Å². The van der Waals surface area contributed by atoms with E-state index in [1.165, 1.54) is 0 Å². The first-order chi connectivity index (χ1) is 18.0. The number of benzene rings is 1. The first kappa shape index (κ1) is 32.6. The third-order valence-electron chi connectivity index (χ3n) is 5.95. The molecule has 11 nitrogen and oxygen atoms in total. The number of amides is 5. The highest BCUT2D eigenvalue weighted by Gasteiger charge is 2.28. The number of aliphatic hydroxyl groups is 1. The molecule has 2 atom stereocenters. The van der Waals surface area contributed by atoms with Crippen molar-refractivity contribution in [3.63, 3.8) is 0 Å². The lowest BCUT2D eigenvalue weighted by Gasteiger charge is -2.25. The second kappa shape index (κ2) is 17.9. The van der Waals surface area contributed by atoms with Crippen molar-refractivity contribution in [1.29, 1.82) is 0 Å². The van der Waals surface area contributed by atoms with Gasteiger partial charge in [0.15, 0.2) is 0 Å². The lowest BCUT2D eigenvalue weighted by atomic mass is 10.0. The Morgan fingerprint density at radius 1 is 0.868 bits per heavy atom. The van der Waals surface area contributed by atoms with Crippen LogP contribution in [-0.4, -0.2) is 53.3 Å². The van der Waals surface area contributed by atoms with Crippen molar-refractivity contribution in [2.45, 2.75) is 90.8 Å². The minimum Gasteiger partial charge on any atom is -0.392 e. The Kier molecular flexibility index (Phi) is 15.3. The summed E-state index contributed by atoms with van der Waals surface area (Å²) in [5.41, 5.74) is 6.29. The van der Waals surface area contributed by atoms with Gasteiger partial charge in [-0.25, -0.2) is 4.79 Å². The number of unbranched alkanes of at least 4 members (excludes halogenated alkanes) is 3. The molecule has 0 aliphatic rings. The molecule has 0 radical (unpaired) electrons. The van der Waals surface area contributed by atoms with E-state index in [9.17, 15) is 29.1 Å². The first-order valence-electron chi connectivity index (χ1n) is 13.2. The van der Waals surface area contributed by atoms with Crippen molar-refractivity contribution in [3.05, 3.63) is 29.8 Å². The van der Waals surface area contributed by atoms with Gasteiger partial charge in [0.05, 0.1) is 6.61 Å². The number of anilines is 1. The molecular weight excluding hydrogens is 490 g/mol. The number of carbonyl (C=O) groups excluding carboxylic acids is 5. The first-order valence-corrected chi connectivity index (χ1v) is 13.2. The number of aliphatic hydroxyl groups excluding tert-OH is 1. The number of Topliss-reactive ketones (excluding diaryl/α,β-unsaturated/α-hetero) is 1. The van der Waals surface area contributed by atoms with E-state index in [4.69, 9.17) is 5.73 Å². The molecule has 0 aliphatic carbocycles. The zero-order valence-corrected chi connectivity index (χ0v) is 22.7. The fraction of sp³-hybridized carbons (Fsp3) is 0.593. The van der Waals surface area contributed by atoms with Crippen LogP contribution in [0, 0.1) is 5.92 Å². The normalized spacial score (nSPS) is 12.3. The molecule has 2 unspecified atom stereocenters. The Morgan fingerprint density at radius 3 is 2.05 bits per heavy atom. The van der Waals surface area contributed by atoms with Gasteiger partial charge in [-0.15, -0.1) is 0 Å². The molecule has 38 heavy (non-hydrogen) atoms. The summed E-state index contributed by atoms with van der Waals surface area (Å²) in [5, 5.41) is 19.9. The van der Waals surface area contributed by atoms with Crippen LogP contribution in [0.1, 0.15) is 77.7 Å². The van der Waals surface area contributed by atoms with Crippen LogP contribution in [0.3, 0.4) is 0 Å². The molecule has 0 fully saturated rings. The molecule has 1 rings (SSSR count). The summed E-state index contributed by atoms with van der Waals surface area (Å²) >= 11 is 0. The van der Waals surface area contributed by atoms with Crippen LogP contribution in [0.2, 0.25) is 0 Å². The predicted molar refractivity (Wildman–Crippen MR) is 145 cm³/mol. The number of ketones is 1. The van der Waals surface area contributed by atoms with Gasteiger partial charge < -0.3 is 36.9 Å². The van der Waals surface area contributed by atoms with Crippen LogP contribution in [0.15, 0.2) is 24.3 Å². The molecule has 1 aromatic carbocycles. The Bertz CT molecular complexity index is 919. The highest BCUT2D eigenvalue weighted by molar-refractivity contribution is 5.98. The van der Waals surface area contributed by atoms with Gasteiger partial charge in [0, 0.05) is 25.1 Å². The molecular formula is C27H43N5O6. The fourth-order valence-electron chi connectivity index (χ4n) is 3.76. The van der Waals surface area contributed by atoms with E-state index in [-0.39, 0.29) is 43.6 Å². The number of hydrogen-bond donors (Lipinski definition) is 6. The van der Waals surface area contributed by atoms with Gasteiger partial charge in [0.1, 0.15) is 17.9 Å². The lowest BCUT2D eigenvalue weighted by molar-refractivity contribution is -0.132. The van der Waals surface area contributed by atoms with Crippen LogP contribution in [0.25, 0.3) is 0 Å². The highest BCUT2D eigenvalue weighted by atomic mass is 16.3. The van der Waals surface area contributed by atoms with Crippen LogP contribution >= 0.6 is 0 Å². The van der Waals surface area contributed by atoms with Gasteiger partial charge in [0.2, 0.25) is 17.7 Å². The van der Waals surface area contributed by atoms with Crippen molar-refractivity contribution in [2.24, 2.45) is 11.7 Å². The standard InChI is InChI=1S/C27H43N5O6/c1-18(2)24(32-23(35)11-7-5-4-6-9-19(3)34)26(37)31-22(10-8-16-29-27(28)38)25(36)30-21-14-12-20(17-33)13-15-21/h12-15,18,22,24,33H,4-11,16-17H2,1-3H3,(H,30,36)(H,31,37)(H,32,35)(H3,28,29,38). The minimum absolute atomic E-state index is 0.123. The molecule has 0 saturated heterocycles. The Morgan fingerprint density at radius 2 is 1.50 bits per heavy atom. The van der Waals surface area contributed by atoms with Gasteiger partial charge in [0.25, 0.3) is 0 Å². The molecule has 11 heteroatoms. The molecule has 0 aliphatic heterocycles. The molecule has 0 heterocycles. The van der Waals surface area contributed by atoms with Crippen molar-refractivity contribution in [3.8, 4) is 0 Å². The van der Waals surface area contributed by atoms with Gasteiger partial charge in [-0.1, -0.05) is 38.8 Å². The molecule has 0 saturated carbocycles. The molecule has 0 bridgehead atoms. The Balaban J connectivity index is 2.76. The van der Waals surface area contributed by atoms with Gasteiger partial charge in [-0.05, 0) is 56.2 Å². The van der Waals surface area contributed by atoms with Crippen LogP contribution in [0.5, 0.6) is 0 Å². The third kappa shape index (κ3) is 13.7. The molecule has 212 valence electrons. The topological polar surface area (TPSA) is 180 Å².